The lowest BCUT2D eigenvalue weighted by molar-refractivity contribution is 1.69. The summed E-state index contributed by atoms with van der Waals surface area (Å²) in [6.07, 6.45) is 0. The van der Waals surface area contributed by atoms with Crippen molar-refractivity contribution in [2.24, 2.45) is 0 Å². The number of hydrogen-bond donors (Lipinski definition) is 0. The summed E-state index contributed by atoms with van der Waals surface area (Å²) < 4.78 is 0.890. The number of hydrogen-bond acceptors (Lipinski definition) is 1. The predicted octanol–water partition coefficient (Wildman–Crippen LogP) is 2.21. The highest BCUT2D eigenvalue weighted by molar-refractivity contribution is 7.19. The molecule has 0 saturated heterocycles. The molecular weight excluding hydrogens is 163 g/mol. The third-order valence-electron chi connectivity index (χ3n) is 1.78. The fourth-order valence-electron chi connectivity index (χ4n) is 1.18. The molecule has 0 unspecified atom stereocenters. The first-order chi connectivity index (χ1) is 5.88. The minimum atomic E-state index is 0.890. The van der Waals surface area contributed by atoms with E-state index >= 15 is 0 Å². The van der Waals surface area contributed by atoms with Gasteiger partial charge in [0.15, 0.2) is 0 Å². The number of rotatable bonds is 1. The number of thiophene rings is 1. The summed E-state index contributed by atoms with van der Waals surface area (Å²) in [5.41, 5.74) is 2.33. The van der Waals surface area contributed by atoms with Crippen molar-refractivity contribution in [3.05, 3.63) is 41.8 Å². The first-order valence-electron chi connectivity index (χ1n) is 3.76. The van der Waals surface area contributed by atoms with Gasteiger partial charge in [0.2, 0.25) is 0 Å². The summed E-state index contributed by atoms with van der Waals surface area (Å²) in [5, 5.41) is 2.01. The van der Waals surface area contributed by atoms with Crippen molar-refractivity contribution in [1.29, 1.82) is 0 Å². The Balaban J connectivity index is 2.51. The van der Waals surface area contributed by atoms with Gasteiger partial charge in [0, 0.05) is 0 Å². The normalized spacial score (nSPS) is 10.0. The van der Waals surface area contributed by atoms with Crippen LogP contribution in [0, 0.1) is 0 Å². The first kappa shape index (κ1) is 7.62. The zero-order chi connectivity index (χ0) is 8.39. The van der Waals surface area contributed by atoms with E-state index in [0.29, 0.717) is 0 Å². The molecule has 0 aliphatic heterocycles. The maximum Gasteiger partial charge on any atom is 0.129 e. The van der Waals surface area contributed by atoms with Crippen LogP contribution in [0.1, 0.15) is 0 Å². The van der Waals surface area contributed by atoms with Crippen LogP contribution >= 0.6 is 11.3 Å². The van der Waals surface area contributed by atoms with E-state index in [2.05, 4.69) is 18.2 Å². The van der Waals surface area contributed by atoms with E-state index in [-0.39, 0.29) is 0 Å². The van der Waals surface area contributed by atoms with Crippen LogP contribution in [-0.2, 0) is 0 Å². The summed E-state index contributed by atoms with van der Waals surface area (Å²) in [4.78, 5) is 0. The Morgan fingerprint density at radius 3 is 2.33 bits per heavy atom. The van der Waals surface area contributed by atoms with Crippen molar-refractivity contribution in [2.75, 3.05) is 0 Å². The standard InChI is InChI=1S/C10H7BS/c11-10-9(6-7-12-10)8-4-2-1-3-5-8/h1-7H. The highest BCUT2D eigenvalue weighted by atomic mass is 32.1. The van der Waals surface area contributed by atoms with Crippen LogP contribution in [0.3, 0.4) is 0 Å². The topological polar surface area (TPSA) is 0 Å². The van der Waals surface area contributed by atoms with Gasteiger partial charge >= 0.3 is 0 Å². The summed E-state index contributed by atoms with van der Waals surface area (Å²) in [6, 6.07) is 12.2. The van der Waals surface area contributed by atoms with Crippen molar-refractivity contribution in [3.8, 4) is 11.1 Å². The average Bonchev–Trinajstić information content (AvgIpc) is 2.53. The van der Waals surface area contributed by atoms with E-state index in [0.717, 1.165) is 10.3 Å². The lowest BCUT2D eigenvalue weighted by Gasteiger charge is -1.98. The van der Waals surface area contributed by atoms with Crippen LogP contribution in [0.15, 0.2) is 41.8 Å². The van der Waals surface area contributed by atoms with Crippen molar-refractivity contribution in [1.82, 2.24) is 0 Å². The van der Waals surface area contributed by atoms with Crippen molar-refractivity contribution < 1.29 is 0 Å². The van der Waals surface area contributed by atoms with Gasteiger partial charge in [-0.15, -0.1) is 0 Å². The average molecular weight is 170 g/mol. The quantitative estimate of drug-likeness (QED) is 0.575. The molecule has 1 aromatic carbocycles. The Kier molecular flexibility index (Phi) is 2.00. The molecule has 0 aliphatic carbocycles. The lowest BCUT2D eigenvalue weighted by atomic mass is 9.97. The van der Waals surface area contributed by atoms with Crippen molar-refractivity contribution >= 4 is 24.0 Å². The second-order valence-corrected chi connectivity index (χ2v) is 3.51. The van der Waals surface area contributed by atoms with Gasteiger partial charge in [-0.25, -0.2) is 0 Å². The Morgan fingerprint density at radius 1 is 1.00 bits per heavy atom. The molecule has 12 heavy (non-hydrogen) atoms. The van der Waals surface area contributed by atoms with Crippen molar-refractivity contribution in [3.63, 3.8) is 0 Å². The molecule has 0 aliphatic rings. The Morgan fingerprint density at radius 2 is 1.75 bits per heavy atom. The van der Waals surface area contributed by atoms with Crippen LogP contribution in [0.2, 0.25) is 0 Å². The van der Waals surface area contributed by atoms with E-state index in [1.54, 1.807) is 11.3 Å². The van der Waals surface area contributed by atoms with Gasteiger partial charge in [0.1, 0.15) is 7.85 Å². The molecule has 2 radical (unpaired) electrons. The van der Waals surface area contributed by atoms with Gasteiger partial charge in [0.05, 0.1) is 0 Å². The number of benzene rings is 1. The van der Waals surface area contributed by atoms with Crippen LogP contribution < -0.4 is 4.78 Å². The van der Waals surface area contributed by atoms with Gasteiger partial charge in [0.25, 0.3) is 0 Å². The molecule has 56 valence electrons. The van der Waals surface area contributed by atoms with Gasteiger partial charge in [-0.05, 0) is 27.3 Å². The second kappa shape index (κ2) is 3.15. The molecule has 0 bridgehead atoms. The van der Waals surface area contributed by atoms with Crippen LogP contribution in [0.5, 0.6) is 0 Å². The molecule has 0 saturated carbocycles. The Hall–Kier alpha value is -1.02. The molecule has 2 rings (SSSR count). The van der Waals surface area contributed by atoms with Crippen LogP contribution in [-0.4, -0.2) is 7.85 Å². The molecule has 0 N–H and O–H groups in total. The van der Waals surface area contributed by atoms with E-state index in [1.165, 1.54) is 5.56 Å². The molecule has 0 spiro atoms. The van der Waals surface area contributed by atoms with Gasteiger partial charge < -0.3 is 0 Å². The van der Waals surface area contributed by atoms with Gasteiger partial charge in [-0.2, -0.15) is 11.3 Å². The molecule has 2 heteroatoms. The maximum absolute atomic E-state index is 5.79. The first-order valence-corrected chi connectivity index (χ1v) is 4.64. The van der Waals surface area contributed by atoms with Gasteiger partial charge in [-0.1, -0.05) is 30.3 Å². The zero-order valence-corrected chi connectivity index (χ0v) is 7.34. The maximum atomic E-state index is 5.79. The van der Waals surface area contributed by atoms with Crippen LogP contribution in [0.25, 0.3) is 11.1 Å². The third kappa shape index (κ3) is 1.30. The monoisotopic (exact) mass is 170 g/mol. The summed E-state index contributed by atoms with van der Waals surface area (Å²) in [5.74, 6) is 0. The summed E-state index contributed by atoms with van der Waals surface area (Å²) in [6.45, 7) is 0. The highest BCUT2D eigenvalue weighted by Crippen LogP contribution is 2.18. The van der Waals surface area contributed by atoms with Crippen molar-refractivity contribution in [2.45, 2.75) is 0 Å². The van der Waals surface area contributed by atoms with E-state index in [9.17, 15) is 0 Å². The smallest absolute Gasteiger partial charge is 0.129 e. The minimum absolute atomic E-state index is 0.890. The molecule has 0 atom stereocenters. The molecule has 0 nitrogen and oxygen atoms in total. The largest absolute Gasteiger partial charge is 0.160 e. The van der Waals surface area contributed by atoms with Gasteiger partial charge in [-0.3, -0.25) is 0 Å². The molecule has 1 aromatic heterocycles. The second-order valence-electron chi connectivity index (χ2n) is 2.56. The fraction of sp³-hybridized carbons (Fsp3) is 0. The highest BCUT2D eigenvalue weighted by Gasteiger charge is 1.99. The molecule has 2 aromatic rings. The zero-order valence-electron chi connectivity index (χ0n) is 6.53. The lowest BCUT2D eigenvalue weighted by Crippen LogP contribution is -1.97. The van der Waals surface area contributed by atoms with E-state index in [4.69, 9.17) is 7.85 Å². The Labute approximate surface area is 77.3 Å². The van der Waals surface area contributed by atoms with E-state index < -0.39 is 0 Å². The third-order valence-corrected chi connectivity index (χ3v) is 2.53. The summed E-state index contributed by atoms with van der Waals surface area (Å²) in [7, 11) is 5.79. The molecule has 1 heterocycles. The Bertz CT molecular complexity index is 364. The molecular formula is C10H7BS. The minimum Gasteiger partial charge on any atom is -0.160 e. The molecule has 0 amide bonds. The fourth-order valence-corrected chi connectivity index (χ4v) is 1.84. The van der Waals surface area contributed by atoms with E-state index in [1.807, 2.05) is 23.6 Å². The predicted molar refractivity (Wildman–Crippen MR) is 55.1 cm³/mol. The molecule has 0 fully saturated rings. The summed E-state index contributed by atoms with van der Waals surface area (Å²) >= 11 is 1.58. The van der Waals surface area contributed by atoms with Crippen LogP contribution in [0.4, 0.5) is 0 Å². The SMILES string of the molecule is [B]c1sccc1-c1ccccc1.